The first-order chi connectivity index (χ1) is 12.1. The number of carbonyl (C=O) groups excluding carboxylic acids is 1. The van der Waals surface area contributed by atoms with Gasteiger partial charge in [-0.25, -0.2) is 4.98 Å². The molecule has 1 atom stereocenters. The van der Waals surface area contributed by atoms with Crippen LogP contribution in [0.4, 0.5) is 0 Å². The van der Waals surface area contributed by atoms with E-state index in [2.05, 4.69) is 31.1 Å². The molecule has 0 saturated carbocycles. The standard InChI is InChI=1S/C17H14BrN5O2/c1-9-20-16(25-21-9)14-15-12-6-3-7-22(12)17(24)13-10(18)4-2-5-11(13)23(15)8-19-14/h2,4-5,8,12H,3,6-7H2,1H3. The third-order valence-corrected chi connectivity index (χ3v) is 5.49. The van der Waals surface area contributed by atoms with Crippen molar-refractivity contribution < 1.29 is 9.32 Å². The number of amides is 1. The zero-order valence-electron chi connectivity index (χ0n) is 13.4. The molecule has 25 heavy (non-hydrogen) atoms. The monoisotopic (exact) mass is 399 g/mol. The van der Waals surface area contributed by atoms with Crippen LogP contribution in [0, 0.1) is 6.92 Å². The summed E-state index contributed by atoms with van der Waals surface area (Å²) in [4.78, 5) is 24.0. The van der Waals surface area contributed by atoms with E-state index in [0.717, 1.165) is 35.2 Å². The fourth-order valence-electron chi connectivity index (χ4n) is 3.79. The number of benzene rings is 1. The molecule has 0 radical (unpaired) electrons. The molecule has 1 fully saturated rings. The quantitative estimate of drug-likeness (QED) is 0.627. The highest BCUT2D eigenvalue weighted by Gasteiger charge is 2.40. The summed E-state index contributed by atoms with van der Waals surface area (Å²) in [6.07, 6.45) is 3.59. The van der Waals surface area contributed by atoms with Gasteiger partial charge in [-0.2, -0.15) is 4.98 Å². The summed E-state index contributed by atoms with van der Waals surface area (Å²) in [6, 6.07) is 5.71. The highest BCUT2D eigenvalue weighted by Crippen LogP contribution is 2.43. The Morgan fingerprint density at radius 2 is 2.24 bits per heavy atom. The summed E-state index contributed by atoms with van der Waals surface area (Å²) in [6.45, 7) is 2.51. The summed E-state index contributed by atoms with van der Waals surface area (Å²) in [5.41, 5.74) is 3.07. The van der Waals surface area contributed by atoms with Crippen LogP contribution in [0.25, 0.3) is 17.3 Å². The topological polar surface area (TPSA) is 77.0 Å². The van der Waals surface area contributed by atoms with E-state index in [1.165, 1.54) is 0 Å². The predicted molar refractivity (Wildman–Crippen MR) is 92.3 cm³/mol. The van der Waals surface area contributed by atoms with E-state index in [1.54, 1.807) is 13.3 Å². The summed E-state index contributed by atoms with van der Waals surface area (Å²) in [5, 5.41) is 3.88. The molecular weight excluding hydrogens is 386 g/mol. The molecule has 1 aromatic carbocycles. The third-order valence-electron chi connectivity index (χ3n) is 4.83. The molecule has 2 aromatic heterocycles. The molecule has 3 aromatic rings. The van der Waals surface area contributed by atoms with Crippen molar-refractivity contribution in [3.05, 3.63) is 46.1 Å². The molecule has 126 valence electrons. The van der Waals surface area contributed by atoms with Crippen molar-refractivity contribution in [3.63, 3.8) is 0 Å². The van der Waals surface area contributed by atoms with Crippen molar-refractivity contribution in [2.24, 2.45) is 0 Å². The normalized spacial score (nSPS) is 18.7. The van der Waals surface area contributed by atoms with Crippen LogP contribution in [-0.2, 0) is 0 Å². The van der Waals surface area contributed by atoms with E-state index in [9.17, 15) is 4.79 Å². The Morgan fingerprint density at radius 1 is 1.36 bits per heavy atom. The SMILES string of the molecule is Cc1noc(-c2ncn3c2C2CCCN2C(=O)c2c(Br)cccc2-3)n1. The lowest BCUT2D eigenvalue weighted by atomic mass is 10.1. The van der Waals surface area contributed by atoms with E-state index >= 15 is 0 Å². The lowest BCUT2D eigenvalue weighted by molar-refractivity contribution is 0.0738. The van der Waals surface area contributed by atoms with Crippen LogP contribution in [0.1, 0.15) is 40.8 Å². The number of hydrogen-bond donors (Lipinski definition) is 0. The lowest BCUT2D eigenvalue weighted by Crippen LogP contribution is -2.30. The average molecular weight is 400 g/mol. The van der Waals surface area contributed by atoms with Crippen molar-refractivity contribution in [1.82, 2.24) is 24.6 Å². The summed E-state index contributed by atoms with van der Waals surface area (Å²) >= 11 is 3.54. The highest BCUT2D eigenvalue weighted by molar-refractivity contribution is 9.10. The van der Waals surface area contributed by atoms with E-state index in [1.807, 2.05) is 27.7 Å². The number of nitrogens with zero attached hydrogens (tertiary/aromatic N) is 5. The minimum Gasteiger partial charge on any atom is -0.332 e. The Morgan fingerprint density at radius 3 is 3.04 bits per heavy atom. The Kier molecular flexibility index (Phi) is 3.12. The summed E-state index contributed by atoms with van der Waals surface area (Å²) in [7, 11) is 0. The van der Waals surface area contributed by atoms with E-state index in [0.29, 0.717) is 23.0 Å². The molecule has 2 aliphatic rings. The molecule has 2 aliphatic heterocycles. The predicted octanol–water partition coefficient (Wildman–Crippen LogP) is 3.28. The van der Waals surface area contributed by atoms with Crippen molar-refractivity contribution in [3.8, 4) is 17.3 Å². The Labute approximate surface area is 151 Å². The molecule has 4 heterocycles. The molecule has 5 rings (SSSR count). The molecular formula is C17H14BrN5O2. The fourth-order valence-corrected chi connectivity index (χ4v) is 4.31. The molecule has 0 bridgehead atoms. The number of hydrogen-bond acceptors (Lipinski definition) is 5. The first kappa shape index (κ1) is 14.8. The Balaban J connectivity index is 1.82. The minimum absolute atomic E-state index is 0.0429. The maximum absolute atomic E-state index is 13.2. The van der Waals surface area contributed by atoms with Gasteiger partial charge in [-0.05, 0) is 47.8 Å². The maximum atomic E-state index is 13.2. The highest BCUT2D eigenvalue weighted by atomic mass is 79.9. The number of halogens is 1. The van der Waals surface area contributed by atoms with Crippen molar-refractivity contribution in [1.29, 1.82) is 0 Å². The second kappa shape index (κ2) is 5.26. The van der Waals surface area contributed by atoms with E-state index in [4.69, 9.17) is 4.52 Å². The molecule has 1 amide bonds. The minimum atomic E-state index is -0.0449. The first-order valence-electron chi connectivity index (χ1n) is 8.13. The first-order valence-corrected chi connectivity index (χ1v) is 8.92. The molecule has 0 spiro atoms. The van der Waals surface area contributed by atoms with Crippen LogP contribution in [-0.4, -0.2) is 37.0 Å². The number of carbonyl (C=O) groups is 1. The summed E-state index contributed by atoms with van der Waals surface area (Å²) < 4.78 is 8.13. The third kappa shape index (κ3) is 2.03. The van der Waals surface area contributed by atoms with Crippen molar-refractivity contribution in [2.75, 3.05) is 6.54 Å². The number of aryl methyl sites for hydroxylation is 1. The van der Waals surface area contributed by atoms with Crippen molar-refractivity contribution in [2.45, 2.75) is 25.8 Å². The number of rotatable bonds is 1. The van der Waals surface area contributed by atoms with Crippen LogP contribution in [0.3, 0.4) is 0 Å². The fraction of sp³-hybridized carbons (Fsp3) is 0.294. The molecule has 1 unspecified atom stereocenters. The summed E-state index contributed by atoms with van der Waals surface area (Å²) in [5.74, 6) is 0.998. The van der Waals surface area contributed by atoms with Crippen LogP contribution < -0.4 is 0 Å². The zero-order chi connectivity index (χ0) is 17.1. The second-order valence-electron chi connectivity index (χ2n) is 6.29. The van der Waals surface area contributed by atoms with Gasteiger partial charge in [0.15, 0.2) is 11.5 Å². The zero-order valence-corrected chi connectivity index (χ0v) is 15.0. The van der Waals surface area contributed by atoms with Gasteiger partial charge in [0, 0.05) is 11.0 Å². The Bertz CT molecular complexity index is 1010. The van der Waals surface area contributed by atoms with Gasteiger partial charge >= 0.3 is 0 Å². The van der Waals surface area contributed by atoms with E-state index in [-0.39, 0.29) is 11.9 Å². The van der Waals surface area contributed by atoms with E-state index < -0.39 is 0 Å². The number of fused-ring (bicyclic) bond motifs is 5. The molecule has 8 heteroatoms. The smallest absolute Gasteiger partial charge is 0.278 e. The lowest BCUT2D eigenvalue weighted by Gasteiger charge is -2.22. The number of aromatic nitrogens is 4. The van der Waals surface area contributed by atoms with Gasteiger partial charge in [0.05, 0.1) is 23.0 Å². The largest absolute Gasteiger partial charge is 0.332 e. The number of imidazole rings is 1. The molecule has 7 nitrogen and oxygen atoms in total. The Hall–Kier alpha value is -2.48. The van der Waals surface area contributed by atoms with Gasteiger partial charge in [0.2, 0.25) is 0 Å². The van der Waals surface area contributed by atoms with Gasteiger partial charge in [-0.1, -0.05) is 11.2 Å². The van der Waals surface area contributed by atoms with Crippen LogP contribution in [0.2, 0.25) is 0 Å². The van der Waals surface area contributed by atoms with Gasteiger partial charge in [0.25, 0.3) is 11.8 Å². The van der Waals surface area contributed by atoms with Gasteiger partial charge in [0.1, 0.15) is 6.33 Å². The average Bonchev–Trinajstić information content (AvgIpc) is 3.30. The van der Waals surface area contributed by atoms with Gasteiger partial charge in [-0.3, -0.25) is 9.36 Å². The molecule has 0 N–H and O–H groups in total. The van der Waals surface area contributed by atoms with Crippen LogP contribution in [0.5, 0.6) is 0 Å². The van der Waals surface area contributed by atoms with Crippen LogP contribution >= 0.6 is 15.9 Å². The molecule has 0 aliphatic carbocycles. The molecule has 1 saturated heterocycles. The second-order valence-corrected chi connectivity index (χ2v) is 7.14. The van der Waals surface area contributed by atoms with Gasteiger partial charge < -0.3 is 9.42 Å². The van der Waals surface area contributed by atoms with Crippen LogP contribution in [0.15, 0.2) is 33.5 Å². The van der Waals surface area contributed by atoms with Gasteiger partial charge in [-0.15, -0.1) is 0 Å². The maximum Gasteiger partial charge on any atom is 0.278 e. The van der Waals surface area contributed by atoms with Crippen molar-refractivity contribution >= 4 is 21.8 Å².